The third-order valence-electron chi connectivity index (χ3n) is 5.24. The number of hydrogen-bond donors (Lipinski definition) is 1. The van der Waals surface area contributed by atoms with Crippen LogP contribution in [0.5, 0.6) is 11.5 Å². The fourth-order valence-corrected chi connectivity index (χ4v) is 4.35. The molecule has 166 valence electrons. The number of rotatable bonds is 6. The van der Waals surface area contributed by atoms with Crippen molar-refractivity contribution in [2.24, 2.45) is 0 Å². The molecule has 2 heterocycles. The summed E-state index contributed by atoms with van der Waals surface area (Å²) in [6.07, 6.45) is 0. The number of anilines is 1. The largest absolute Gasteiger partial charge is 0.454 e. The molecule has 33 heavy (non-hydrogen) atoms. The third-order valence-corrected chi connectivity index (χ3v) is 6.32. The van der Waals surface area contributed by atoms with Crippen molar-refractivity contribution in [3.05, 3.63) is 83.4 Å². The van der Waals surface area contributed by atoms with Crippen molar-refractivity contribution < 1.29 is 18.7 Å². The Hall–Kier alpha value is -3.78. The first-order valence-electron chi connectivity index (χ1n) is 10.4. The summed E-state index contributed by atoms with van der Waals surface area (Å²) in [5, 5.41) is 11.1. The Morgan fingerprint density at radius 1 is 0.970 bits per heavy atom. The van der Waals surface area contributed by atoms with Gasteiger partial charge in [0.1, 0.15) is 5.25 Å². The topological polar surface area (TPSA) is 86.5 Å². The molecule has 0 spiro atoms. The minimum Gasteiger partial charge on any atom is -0.454 e. The molecule has 1 unspecified atom stereocenters. The number of benzene rings is 3. The van der Waals surface area contributed by atoms with Crippen LogP contribution in [0.2, 0.25) is 0 Å². The molecule has 1 aliphatic heterocycles. The van der Waals surface area contributed by atoms with E-state index in [1.54, 1.807) is 12.1 Å². The molecule has 1 aliphatic rings. The molecule has 1 amide bonds. The normalized spacial score (nSPS) is 13.0. The van der Waals surface area contributed by atoms with Gasteiger partial charge in [-0.2, -0.15) is 0 Å². The maximum Gasteiger partial charge on any atom is 0.277 e. The zero-order valence-electron chi connectivity index (χ0n) is 18.1. The van der Waals surface area contributed by atoms with Gasteiger partial charge in [-0.25, -0.2) is 0 Å². The quantitative estimate of drug-likeness (QED) is 0.378. The van der Waals surface area contributed by atoms with E-state index in [-0.39, 0.29) is 12.7 Å². The van der Waals surface area contributed by atoms with Crippen LogP contribution in [-0.2, 0) is 4.79 Å². The van der Waals surface area contributed by atoms with Crippen molar-refractivity contribution >= 4 is 23.4 Å². The summed E-state index contributed by atoms with van der Waals surface area (Å²) in [6.45, 7) is 4.15. The van der Waals surface area contributed by atoms with Crippen molar-refractivity contribution in [1.29, 1.82) is 0 Å². The molecular weight excluding hydrogens is 438 g/mol. The standard InChI is InChI=1S/C25H21N3O4S/c1-15-8-9-16(2)19(12-15)26-23(29)22(17-6-4-3-5-7-17)33-25-28-27-24(32-25)18-10-11-20-21(13-18)31-14-30-20/h3-13,22H,14H2,1-2H3,(H,26,29). The number of carbonyl (C=O) groups excluding carboxylic acids is 1. The first-order valence-corrected chi connectivity index (χ1v) is 11.3. The van der Waals surface area contributed by atoms with Gasteiger partial charge in [-0.15, -0.1) is 10.2 Å². The van der Waals surface area contributed by atoms with Crippen molar-refractivity contribution in [2.45, 2.75) is 24.3 Å². The molecule has 1 atom stereocenters. The SMILES string of the molecule is Cc1ccc(C)c(NC(=O)C(Sc2nnc(-c3ccc4c(c3)OCO4)o2)c2ccccc2)c1. The molecule has 0 saturated heterocycles. The number of aryl methyl sites for hydroxylation is 2. The maximum atomic E-state index is 13.3. The molecule has 7 nitrogen and oxygen atoms in total. The minimum absolute atomic E-state index is 0.164. The highest BCUT2D eigenvalue weighted by molar-refractivity contribution is 8.00. The molecule has 3 aromatic carbocycles. The number of nitrogens with one attached hydrogen (secondary N) is 1. The van der Waals surface area contributed by atoms with Gasteiger partial charge in [0.05, 0.1) is 0 Å². The van der Waals surface area contributed by atoms with E-state index in [1.165, 1.54) is 11.8 Å². The summed E-state index contributed by atoms with van der Waals surface area (Å²) in [7, 11) is 0. The van der Waals surface area contributed by atoms with E-state index in [0.717, 1.165) is 27.9 Å². The molecule has 1 N–H and O–H groups in total. The smallest absolute Gasteiger partial charge is 0.277 e. The first-order chi connectivity index (χ1) is 16.1. The lowest BCUT2D eigenvalue weighted by molar-refractivity contribution is -0.115. The predicted octanol–water partition coefficient (Wildman–Crippen LogP) is 5.55. The van der Waals surface area contributed by atoms with E-state index < -0.39 is 5.25 Å². The molecule has 0 radical (unpaired) electrons. The van der Waals surface area contributed by atoms with E-state index >= 15 is 0 Å². The fraction of sp³-hybridized carbons (Fsp3) is 0.160. The average Bonchev–Trinajstić information content (AvgIpc) is 3.49. The van der Waals surface area contributed by atoms with Crippen molar-refractivity contribution in [2.75, 3.05) is 12.1 Å². The number of nitrogens with zero attached hydrogens (tertiary/aromatic N) is 2. The van der Waals surface area contributed by atoms with Crippen molar-refractivity contribution in [3.8, 4) is 23.0 Å². The Labute approximate surface area is 195 Å². The van der Waals surface area contributed by atoms with E-state index in [4.69, 9.17) is 13.9 Å². The Morgan fingerprint density at radius 3 is 2.64 bits per heavy atom. The Bertz CT molecular complexity index is 1310. The molecule has 0 bridgehead atoms. The van der Waals surface area contributed by atoms with Crippen LogP contribution in [0, 0.1) is 13.8 Å². The summed E-state index contributed by atoms with van der Waals surface area (Å²) in [4.78, 5) is 13.3. The number of hydrogen-bond acceptors (Lipinski definition) is 7. The van der Waals surface area contributed by atoms with Crippen molar-refractivity contribution in [1.82, 2.24) is 10.2 Å². The highest BCUT2D eigenvalue weighted by atomic mass is 32.2. The molecule has 4 aromatic rings. The van der Waals surface area contributed by atoms with E-state index in [9.17, 15) is 4.79 Å². The molecule has 1 aromatic heterocycles. The highest BCUT2D eigenvalue weighted by Gasteiger charge is 2.26. The zero-order chi connectivity index (χ0) is 22.8. The van der Waals surface area contributed by atoms with Crippen LogP contribution in [0.3, 0.4) is 0 Å². The summed E-state index contributed by atoms with van der Waals surface area (Å²) in [6, 6.07) is 21.0. The zero-order valence-corrected chi connectivity index (χ0v) is 18.9. The Kier molecular flexibility index (Phi) is 5.75. The minimum atomic E-state index is -0.573. The van der Waals surface area contributed by atoms with Crippen LogP contribution >= 0.6 is 11.8 Å². The van der Waals surface area contributed by atoms with Crippen LogP contribution in [-0.4, -0.2) is 22.9 Å². The molecule has 8 heteroatoms. The van der Waals surface area contributed by atoms with Gasteiger partial charge in [0.15, 0.2) is 11.5 Å². The summed E-state index contributed by atoms with van der Waals surface area (Å²) < 4.78 is 16.7. The number of fused-ring (bicyclic) bond motifs is 1. The van der Waals surface area contributed by atoms with Crippen LogP contribution < -0.4 is 14.8 Å². The van der Waals surface area contributed by atoms with Crippen LogP contribution in [0.15, 0.2) is 76.4 Å². The monoisotopic (exact) mass is 459 g/mol. The van der Waals surface area contributed by atoms with Gasteiger partial charge in [0, 0.05) is 11.3 Å². The van der Waals surface area contributed by atoms with Crippen LogP contribution in [0.1, 0.15) is 21.9 Å². The maximum absolute atomic E-state index is 13.3. The van der Waals surface area contributed by atoms with E-state index in [0.29, 0.717) is 22.6 Å². The first kappa shape index (κ1) is 21.1. The molecule has 0 saturated carbocycles. The van der Waals surface area contributed by atoms with Gasteiger partial charge in [-0.3, -0.25) is 4.79 Å². The van der Waals surface area contributed by atoms with Gasteiger partial charge >= 0.3 is 0 Å². The fourth-order valence-electron chi connectivity index (χ4n) is 3.47. The lowest BCUT2D eigenvalue weighted by Gasteiger charge is -2.16. The van der Waals surface area contributed by atoms with Gasteiger partial charge in [-0.05, 0) is 66.6 Å². The average molecular weight is 460 g/mol. The van der Waals surface area contributed by atoms with Crippen LogP contribution in [0.25, 0.3) is 11.5 Å². The van der Waals surface area contributed by atoms with Gasteiger partial charge in [-0.1, -0.05) is 42.5 Å². The second kappa shape index (κ2) is 8.99. The summed E-state index contributed by atoms with van der Waals surface area (Å²) >= 11 is 1.21. The van der Waals surface area contributed by atoms with Crippen LogP contribution in [0.4, 0.5) is 5.69 Å². The number of amides is 1. The van der Waals surface area contributed by atoms with Gasteiger partial charge in [0.2, 0.25) is 18.6 Å². The molecular formula is C25H21N3O4S. The van der Waals surface area contributed by atoms with E-state index in [1.807, 2.05) is 68.4 Å². The molecule has 5 rings (SSSR count). The Balaban J connectivity index is 1.40. The number of aromatic nitrogens is 2. The van der Waals surface area contributed by atoms with Crippen molar-refractivity contribution in [3.63, 3.8) is 0 Å². The van der Waals surface area contributed by atoms with Gasteiger partial charge in [0.25, 0.3) is 5.22 Å². The second-order valence-corrected chi connectivity index (χ2v) is 8.71. The lowest BCUT2D eigenvalue weighted by atomic mass is 10.1. The molecule has 0 fully saturated rings. The highest BCUT2D eigenvalue weighted by Crippen LogP contribution is 2.39. The predicted molar refractivity (Wildman–Crippen MR) is 125 cm³/mol. The summed E-state index contributed by atoms with van der Waals surface area (Å²) in [5.41, 5.74) is 4.41. The summed E-state index contributed by atoms with van der Waals surface area (Å²) in [5.74, 6) is 1.50. The Morgan fingerprint density at radius 2 is 1.79 bits per heavy atom. The number of ether oxygens (including phenoxy) is 2. The van der Waals surface area contributed by atoms with Gasteiger partial charge < -0.3 is 19.2 Å². The van der Waals surface area contributed by atoms with E-state index in [2.05, 4.69) is 15.5 Å². The number of carbonyl (C=O) groups is 1. The third kappa shape index (κ3) is 4.56. The second-order valence-electron chi connectivity index (χ2n) is 7.66. The lowest BCUT2D eigenvalue weighted by Crippen LogP contribution is -2.19. The molecule has 0 aliphatic carbocycles. The number of thioether (sulfide) groups is 1.